The Hall–Kier alpha value is 1.31. The standard InChI is InChI=1S/C9H17Cl2I/c1-2-3-4-9(12)7-8(11)5-6-10/h8-9H,2-7H2,1H3. The van der Waals surface area contributed by atoms with Gasteiger partial charge in [-0.1, -0.05) is 42.4 Å². The van der Waals surface area contributed by atoms with E-state index >= 15 is 0 Å². The predicted molar refractivity (Wildman–Crippen MR) is 66.9 cm³/mol. The van der Waals surface area contributed by atoms with Crippen LogP contribution in [0.1, 0.15) is 39.0 Å². The predicted octanol–water partition coefficient (Wildman–Crippen LogP) is 4.61. The molecule has 2 unspecified atom stereocenters. The van der Waals surface area contributed by atoms with Crippen molar-refractivity contribution in [1.82, 2.24) is 0 Å². The van der Waals surface area contributed by atoms with Crippen molar-refractivity contribution in [2.75, 3.05) is 5.88 Å². The summed E-state index contributed by atoms with van der Waals surface area (Å²) in [4.78, 5) is 0. The van der Waals surface area contributed by atoms with E-state index in [1.807, 2.05) is 0 Å². The molecule has 0 aromatic heterocycles. The Kier molecular flexibility index (Phi) is 9.86. The minimum absolute atomic E-state index is 0.279. The highest BCUT2D eigenvalue weighted by atomic mass is 127. The summed E-state index contributed by atoms with van der Waals surface area (Å²) in [6.45, 7) is 2.22. The van der Waals surface area contributed by atoms with Crippen molar-refractivity contribution in [3.8, 4) is 0 Å². The van der Waals surface area contributed by atoms with Crippen LogP contribution < -0.4 is 0 Å². The van der Waals surface area contributed by atoms with Crippen LogP contribution in [-0.4, -0.2) is 15.2 Å². The van der Waals surface area contributed by atoms with Gasteiger partial charge >= 0.3 is 0 Å². The maximum atomic E-state index is 6.07. The van der Waals surface area contributed by atoms with Crippen LogP contribution in [-0.2, 0) is 0 Å². The second-order valence-corrected chi connectivity index (χ2v) is 5.81. The molecule has 0 saturated heterocycles. The summed E-state index contributed by atoms with van der Waals surface area (Å²) in [5, 5.41) is 0.279. The molecule has 0 N–H and O–H groups in total. The SMILES string of the molecule is CCCCC(I)CC(Cl)CCCl. The lowest BCUT2D eigenvalue weighted by Gasteiger charge is -2.12. The third-order valence-corrected chi connectivity index (χ3v) is 3.55. The first kappa shape index (κ1) is 13.3. The van der Waals surface area contributed by atoms with Gasteiger partial charge < -0.3 is 0 Å². The molecule has 0 radical (unpaired) electrons. The zero-order valence-corrected chi connectivity index (χ0v) is 11.2. The number of halogens is 3. The molecular formula is C9H17Cl2I. The van der Waals surface area contributed by atoms with Crippen molar-refractivity contribution in [2.24, 2.45) is 0 Å². The topological polar surface area (TPSA) is 0 Å². The van der Waals surface area contributed by atoms with Gasteiger partial charge in [0, 0.05) is 15.2 Å². The molecule has 3 heteroatoms. The van der Waals surface area contributed by atoms with Crippen LogP contribution in [0.3, 0.4) is 0 Å². The first-order chi connectivity index (χ1) is 5.70. The average Bonchev–Trinajstić information content (AvgIpc) is 2.01. The minimum Gasteiger partial charge on any atom is -0.127 e. The van der Waals surface area contributed by atoms with E-state index in [1.165, 1.54) is 19.3 Å². The van der Waals surface area contributed by atoms with Crippen molar-refractivity contribution >= 4 is 45.8 Å². The Morgan fingerprint density at radius 2 is 2.00 bits per heavy atom. The molecule has 0 heterocycles. The van der Waals surface area contributed by atoms with E-state index < -0.39 is 0 Å². The zero-order valence-electron chi connectivity index (χ0n) is 7.53. The monoisotopic (exact) mass is 322 g/mol. The average molecular weight is 323 g/mol. The van der Waals surface area contributed by atoms with Gasteiger partial charge in [0.1, 0.15) is 0 Å². The van der Waals surface area contributed by atoms with E-state index in [-0.39, 0.29) is 5.38 Å². The fourth-order valence-corrected chi connectivity index (χ4v) is 3.11. The molecule has 74 valence electrons. The minimum atomic E-state index is 0.279. The molecule has 0 saturated carbocycles. The normalized spacial score (nSPS) is 16.0. The molecule has 0 aliphatic carbocycles. The third-order valence-electron chi connectivity index (χ3n) is 1.80. The molecule has 0 fully saturated rings. The highest BCUT2D eigenvalue weighted by Crippen LogP contribution is 2.20. The summed E-state index contributed by atoms with van der Waals surface area (Å²) >= 11 is 14.2. The molecule has 12 heavy (non-hydrogen) atoms. The van der Waals surface area contributed by atoms with Crippen molar-refractivity contribution in [1.29, 1.82) is 0 Å². The maximum Gasteiger partial charge on any atom is 0.0357 e. The Morgan fingerprint density at radius 3 is 2.50 bits per heavy atom. The fraction of sp³-hybridized carbons (Fsp3) is 1.00. The molecule has 0 amide bonds. The molecule has 0 aromatic carbocycles. The zero-order chi connectivity index (χ0) is 9.40. The van der Waals surface area contributed by atoms with Gasteiger partial charge in [-0.25, -0.2) is 0 Å². The van der Waals surface area contributed by atoms with Crippen LogP contribution in [0.5, 0.6) is 0 Å². The molecule has 0 aliphatic heterocycles. The second kappa shape index (κ2) is 8.89. The van der Waals surface area contributed by atoms with Gasteiger partial charge in [0.05, 0.1) is 0 Å². The Morgan fingerprint density at radius 1 is 1.33 bits per heavy atom. The first-order valence-electron chi connectivity index (χ1n) is 4.54. The van der Waals surface area contributed by atoms with E-state index in [9.17, 15) is 0 Å². The third kappa shape index (κ3) is 7.93. The Bertz CT molecular complexity index is 98.5. The molecule has 0 spiro atoms. The van der Waals surface area contributed by atoms with Crippen molar-refractivity contribution < 1.29 is 0 Å². The quantitative estimate of drug-likeness (QED) is 0.474. The van der Waals surface area contributed by atoms with Gasteiger partial charge in [-0.3, -0.25) is 0 Å². The molecule has 0 aromatic rings. The van der Waals surface area contributed by atoms with E-state index in [0.29, 0.717) is 5.88 Å². The number of hydrogen-bond acceptors (Lipinski definition) is 0. The lowest BCUT2D eigenvalue weighted by molar-refractivity contribution is 0.636. The number of rotatable bonds is 7. The van der Waals surface area contributed by atoms with E-state index in [0.717, 1.165) is 16.8 Å². The molecule has 0 bridgehead atoms. The van der Waals surface area contributed by atoms with Gasteiger partial charge in [0.15, 0.2) is 0 Å². The van der Waals surface area contributed by atoms with Crippen molar-refractivity contribution in [3.05, 3.63) is 0 Å². The largest absolute Gasteiger partial charge is 0.127 e. The lowest BCUT2D eigenvalue weighted by atomic mass is 10.1. The number of unbranched alkanes of at least 4 members (excludes halogenated alkanes) is 1. The molecular weight excluding hydrogens is 306 g/mol. The summed E-state index contributed by atoms with van der Waals surface area (Å²) < 4.78 is 0.730. The fourth-order valence-electron chi connectivity index (χ4n) is 1.06. The number of alkyl halides is 3. The molecule has 0 rings (SSSR count). The van der Waals surface area contributed by atoms with Crippen molar-refractivity contribution in [2.45, 2.75) is 48.3 Å². The van der Waals surface area contributed by atoms with E-state index in [2.05, 4.69) is 29.5 Å². The Labute approximate surface area is 99.5 Å². The van der Waals surface area contributed by atoms with Crippen LogP contribution in [0.15, 0.2) is 0 Å². The van der Waals surface area contributed by atoms with Crippen LogP contribution in [0.25, 0.3) is 0 Å². The van der Waals surface area contributed by atoms with E-state index in [1.54, 1.807) is 0 Å². The maximum absolute atomic E-state index is 6.07. The highest BCUT2D eigenvalue weighted by molar-refractivity contribution is 14.1. The van der Waals surface area contributed by atoms with Gasteiger partial charge in [-0.15, -0.1) is 23.2 Å². The van der Waals surface area contributed by atoms with Crippen LogP contribution >= 0.6 is 45.8 Å². The smallest absolute Gasteiger partial charge is 0.0357 e. The lowest BCUT2D eigenvalue weighted by Crippen LogP contribution is -2.08. The molecule has 0 nitrogen and oxygen atoms in total. The summed E-state index contributed by atoms with van der Waals surface area (Å²) in [6.07, 6.45) is 5.94. The van der Waals surface area contributed by atoms with Crippen LogP contribution in [0.2, 0.25) is 0 Å². The van der Waals surface area contributed by atoms with Crippen molar-refractivity contribution in [3.63, 3.8) is 0 Å². The summed E-state index contributed by atoms with van der Waals surface area (Å²) in [5.41, 5.74) is 0. The second-order valence-electron chi connectivity index (χ2n) is 3.05. The molecule has 0 aliphatic rings. The number of hydrogen-bond donors (Lipinski definition) is 0. The summed E-state index contributed by atoms with van der Waals surface area (Å²) in [5.74, 6) is 0.686. The van der Waals surface area contributed by atoms with Gasteiger partial charge in [-0.05, 0) is 19.3 Å². The summed E-state index contributed by atoms with van der Waals surface area (Å²) in [7, 11) is 0. The first-order valence-corrected chi connectivity index (χ1v) is 6.76. The van der Waals surface area contributed by atoms with Crippen LogP contribution in [0.4, 0.5) is 0 Å². The van der Waals surface area contributed by atoms with Gasteiger partial charge in [0.2, 0.25) is 0 Å². The Balaban J connectivity index is 3.33. The highest BCUT2D eigenvalue weighted by Gasteiger charge is 2.10. The van der Waals surface area contributed by atoms with Crippen LogP contribution in [0, 0.1) is 0 Å². The molecule has 2 atom stereocenters. The summed E-state index contributed by atoms with van der Waals surface area (Å²) in [6, 6.07) is 0. The van der Waals surface area contributed by atoms with Gasteiger partial charge in [0.25, 0.3) is 0 Å². The van der Waals surface area contributed by atoms with Gasteiger partial charge in [-0.2, -0.15) is 0 Å². The van der Waals surface area contributed by atoms with E-state index in [4.69, 9.17) is 23.2 Å².